The first kappa shape index (κ1) is 21.1. The largest absolute Gasteiger partial charge is 0.465 e. The third-order valence-corrected chi connectivity index (χ3v) is 5.93. The van der Waals surface area contributed by atoms with Gasteiger partial charge in [-0.2, -0.15) is 0 Å². The Labute approximate surface area is 171 Å². The Bertz CT molecular complexity index is 1300. The highest BCUT2D eigenvalue weighted by atomic mass is 32.2. The van der Waals surface area contributed by atoms with Crippen LogP contribution < -0.4 is 10.5 Å². The summed E-state index contributed by atoms with van der Waals surface area (Å²) >= 11 is 0. The lowest BCUT2D eigenvalue weighted by Crippen LogP contribution is -2.16. The van der Waals surface area contributed by atoms with Crippen LogP contribution >= 0.6 is 0 Å². The van der Waals surface area contributed by atoms with Crippen molar-refractivity contribution < 1.29 is 31.9 Å². The molecule has 1 N–H and O–H groups in total. The molecular weight excluding hydrogens is 416 g/mol. The summed E-state index contributed by atoms with van der Waals surface area (Å²) in [6, 6.07) is 6.43. The van der Waals surface area contributed by atoms with Gasteiger partial charge in [0, 0.05) is 13.1 Å². The number of nitrogens with zero attached hydrogens (tertiary/aromatic N) is 1. The predicted molar refractivity (Wildman–Crippen MR) is 106 cm³/mol. The number of rotatable bonds is 5. The van der Waals surface area contributed by atoms with Gasteiger partial charge in [-0.05, 0) is 36.8 Å². The first-order valence-corrected chi connectivity index (χ1v) is 10.0. The van der Waals surface area contributed by atoms with E-state index in [1.54, 1.807) is 6.92 Å². The Kier molecular flexibility index (Phi) is 5.40. The van der Waals surface area contributed by atoms with E-state index in [9.17, 15) is 22.8 Å². The van der Waals surface area contributed by atoms with E-state index in [-0.39, 0.29) is 27.3 Å². The van der Waals surface area contributed by atoms with Gasteiger partial charge in [-0.25, -0.2) is 22.8 Å². The minimum absolute atomic E-state index is 0.0423. The van der Waals surface area contributed by atoms with Gasteiger partial charge in [0.2, 0.25) is 0 Å². The van der Waals surface area contributed by atoms with Crippen molar-refractivity contribution in [3.05, 3.63) is 57.6 Å². The van der Waals surface area contributed by atoms with E-state index < -0.39 is 27.7 Å². The summed E-state index contributed by atoms with van der Waals surface area (Å²) in [6.07, 6.45) is 0. The molecule has 0 saturated carbocycles. The van der Waals surface area contributed by atoms with Crippen molar-refractivity contribution in [3.63, 3.8) is 0 Å². The zero-order valence-corrected chi connectivity index (χ0v) is 17.3. The van der Waals surface area contributed by atoms with Crippen LogP contribution in [0.3, 0.4) is 0 Å². The van der Waals surface area contributed by atoms with Crippen molar-refractivity contribution in [2.24, 2.45) is 7.05 Å². The number of aryl methyl sites for hydroxylation is 2. The van der Waals surface area contributed by atoms with Crippen molar-refractivity contribution in [3.8, 4) is 0 Å². The Morgan fingerprint density at radius 3 is 2.10 bits per heavy atom. The van der Waals surface area contributed by atoms with Crippen molar-refractivity contribution in [1.82, 2.24) is 4.57 Å². The Hall–Kier alpha value is -3.60. The van der Waals surface area contributed by atoms with Crippen molar-refractivity contribution in [2.75, 3.05) is 18.9 Å². The van der Waals surface area contributed by atoms with E-state index in [0.717, 1.165) is 14.2 Å². The molecular formula is C19H18N2O8S. The molecule has 0 radical (unpaired) electrons. The topological polar surface area (TPSA) is 134 Å². The number of esters is 2. The standard InChI is InChI=1S/C19H18N2O8S/c1-10-5-14-15(29-19(24)21(14)2)9-16(10)30(25,26)20-13-7-11(17(22)27-3)6-12(8-13)18(23)28-4/h5-9,20H,1-4H3. The zero-order valence-electron chi connectivity index (χ0n) is 16.5. The minimum Gasteiger partial charge on any atom is -0.465 e. The van der Waals surface area contributed by atoms with E-state index in [0.29, 0.717) is 11.1 Å². The molecule has 158 valence electrons. The number of fused-ring (bicyclic) bond motifs is 1. The number of anilines is 1. The van der Waals surface area contributed by atoms with Crippen LogP contribution in [0.25, 0.3) is 11.1 Å². The Morgan fingerprint density at radius 2 is 1.57 bits per heavy atom. The fraction of sp³-hybridized carbons (Fsp3) is 0.211. The summed E-state index contributed by atoms with van der Waals surface area (Å²) in [5.41, 5.74) is 0.777. The molecule has 0 atom stereocenters. The van der Waals surface area contributed by atoms with Gasteiger partial charge in [-0.15, -0.1) is 0 Å². The highest BCUT2D eigenvalue weighted by Crippen LogP contribution is 2.26. The molecule has 0 unspecified atom stereocenters. The van der Waals surface area contributed by atoms with Crippen LogP contribution in [0.5, 0.6) is 0 Å². The molecule has 1 heterocycles. The summed E-state index contributed by atoms with van der Waals surface area (Å²) in [7, 11) is -0.344. The second kappa shape index (κ2) is 7.67. The minimum atomic E-state index is -4.16. The van der Waals surface area contributed by atoms with Crippen molar-refractivity contribution in [2.45, 2.75) is 11.8 Å². The van der Waals surface area contributed by atoms with E-state index in [1.165, 1.54) is 41.9 Å². The first-order valence-electron chi connectivity index (χ1n) is 8.52. The molecule has 0 aliphatic carbocycles. The molecule has 3 rings (SSSR count). The van der Waals surface area contributed by atoms with Gasteiger partial charge in [-0.3, -0.25) is 9.29 Å². The van der Waals surface area contributed by atoms with Crippen molar-refractivity contribution >= 4 is 38.7 Å². The van der Waals surface area contributed by atoms with Gasteiger partial charge in [0.25, 0.3) is 10.0 Å². The van der Waals surface area contributed by atoms with Crippen LogP contribution in [0.1, 0.15) is 26.3 Å². The quantitative estimate of drug-likeness (QED) is 0.601. The van der Waals surface area contributed by atoms with Crippen LogP contribution in [-0.4, -0.2) is 39.1 Å². The van der Waals surface area contributed by atoms with Crippen LogP contribution in [0.4, 0.5) is 5.69 Å². The SMILES string of the molecule is COC(=O)c1cc(NS(=O)(=O)c2cc3oc(=O)n(C)c3cc2C)cc(C(=O)OC)c1. The molecule has 0 spiro atoms. The summed E-state index contributed by atoms with van der Waals surface area (Å²) in [6.45, 7) is 1.57. The van der Waals surface area contributed by atoms with Crippen LogP contribution in [0.15, 0.2) is 44.4 Å². The average Bonchev–Trinajstić information content (AvgIpc) is 2.98. The molecule has 10 nitrogen and oxygen atoms in total. The Balaban J connectivity index is 2.10. The number of carbonyl (C=O) groups is 2. The first-order chi connectivity index (χ1) is 14.1. The van der Waals surface area contributed by atoms with E-state index in [2.05, 4.69) is 14.2 Å². The van der Waals surface area contributed by atoms with Gasteiger partial charge < -0.3 is 13.9 Å². The maximum absolute atomic E-state index is 13.0. The third kappa shape index (κ3) is 3.79. The van der Waals surface area contributed by atoms with Gasteiger partial charge in [0.05, 0.1) is 41.4 Å². The lowest BCUT2D eigenvalue weighted by molar-refractivity contribution is 0.0599. The molecule has 30 heavy (non-hydrogen) atoms. The van der Waals surface area contributed by atoms with Gasteiger partial charge in [-0.1, -0.05) is 0 Å². The molecule has 0 bridgehead atoms. The third-order valence-electron chi connectivity index (χ3n) is 4.41. The lowest BCUT2D eigenvalue weighted by atomic mass is 10.1. The second-order valence-corrected chi connectivity index (χ2v) is 8.05. The molecule has 0 aliphatic rings. The second-order valence-electron chi connectivity index (χ2n) is 6.40. The van der Waals surface area contributed by atoms with Gasteiger partial charge in [0.1, 0.15) is 0 Å². The number of hydrogen-bond donors (Lipinski definition) is 1. The maximum Gasteiger partial charge on any atom is 0.419 e. The molecule has 0 amide bonds. The number of oxazole rings is 1. The molecule has 11 heteroatoms. The number of ether oxygens (including phenoxy) is 2. The lowest BCUT2D eigenvalue weighted by Gasteiger charge is -2.12. The van der Waals surface area contributed by atoms with Crippen LogP contribution in [0, 0.1) is 6.92 Å². The fourth-order valence-electron chi connectivity index (χ4n) is 2.92. The number of nitrogens with one attached hydrogen (secondary N) is 1. The normalized spacial score (nSPS) is 11.3. The highest BCUT2D eigenvalue weighted by molar-refractivity contribution is 7.92. The summed E-state index contributed by atoms with van der Waals surface area (Å²) < 4.78 is 43.9. The van der Waals surface area contributed by atoms with Crippen molar-refractivity contribution in [1.29, 1.82) is 0 Å². The number of aromatic nitrogens is 1. The molecule has 0 fully saturated rings. The number of benzene rings is 2. The molecule has 3 aromatic rings. The van der Waals surface area contributed by atoms with Crippen LogP contribution in [-0.2, 0) is 26.5 Å². The molecule has 0 aliphatic heterocycles. The smallest absolute Gasteiger partial charge is 0.419 e. The molecule has 1 aromatic heterocycles. The van der Waals surface area contributed by atoms with E-state index in [4.69, 9.17) is 4.42 Å². The predicted octanol–water partition coefficient (Wildman–Crippen LogP) is 1.81. The van der Waals surface area contributed by atoms with Gasteiger partial charge in [0.15, 0.2) is 5.58 Å². The molecule has 0 saturated heterocycles. The monoisotopic (exact) mass is 434 g/mol. The number of methoxy groups -OCH3 is 2. The van der Waals surface area contributed by atoms with Crippen LogP contribution in [0.2, 0.25) is 0 Å². The zero-order chi connectivity index (χ0) is 22.2. The Morgan fingerprint density at radius 1 is 1.00 bits per heavy atom. The number of hydrogen-bond acceptors (Lipinski definition) is 8. The number of sulfonamides is 1. The van der Waals surface area contributed by atoms with Gasteiger partial charge >= 0.3 is 17.7 Å². The maximum atomic E-state index is 13.0. The average molecular weight is 434 g/mol. The summed E-state index contributed by atoms with van der Waals surface area (Å²) in [5, 5.41) is 0. The van der Waals surface area contributed by atoms with E-state index >= 15 is 0 Å². The van der Waals surface area contributed by atoms with E-state index in [1.807, 2.05) is 0 Å². The number of carbonyl (C=O) groups excluding carboxylic acids is 2. The summed E-state index contributed by atoms with van der Waals surface area (Å²) in [4.78, 5) is 35.4. The highest BCUT2D eigenvalue weighted by Gasteiger charge is 2.22. The fourth-order valence-corrected chi connectivity index (χ4v) is 4.20. The molecule has 2 aromatic carbocycles. The summed E-state index contributed by atoms with van der Waals surface area (Å²) in [5.74, 6) is -2.14.